The number of nitrogens with zero attached hydrogens (tertiary/aromatic N) is 2. The van der Waals surface area contributed by atoms with Crippen molar-refractivity contribution in [3.63, 3.8) is 0 Å². The summed E-state index contributed by atoms with van der Waals surface area (Å²) in [5.41, 5.74) is 5.34. The smallest absolute Gasteiger partial charge is 0.105 e. The zero-order chi connectivity index (χ0) is 6.69. The van der Waals surface area contributed by atoms with Crippen LogP contribution in [0.1, 0.15) is 5.82 Å². The van der Waals surface area contributed by atoms with Crippen molar-refractivity contribution < 1.29 is 24.8 Å². The third kappa shape index (κ3) is 3.60. The molecule has 66 valence electrons. The van der Waals surface area contributed by atoms with E-state index in [-0.39, 0.29) is 24.8 Å². The molecule has 0 unspecified atom stereocenters. The molecule has 1 aromatic rings. The number of imidazole rings is 1. The summed E-state index contributed by atoms with van der Waals surface area (Å²) >= 11 is 0. The van der Waals surface area contributed by atoms with Crippen LogP contribution in [0.25, 0.3) is 0 Å². The van der Waals surface area contributed by atoms with E-state index < -0.39 is 0 Å². The Hall–Kier alpha value is -0.250. The monoisotopic (exact) mass is 195 g/mol. The highest BCUT2D eigenvalue weighted by molar-refractivity contribution is 4.87. The van der Waals surface area contributed by atoms with Gasteiger partial charge in [0.25, 0.3) is 0 Å². The number of halogens is 2. The second-order valence-corrected chi connectivity index (χ2v) is 1.96. The molecule has 0 aliphatic heterocycles. The van der Waals surface area contributed by atoms with E-state index in [1.165, 1.54) is 0 Å². The summed E-state index contributed by atoms with van der Waals surface area (Å²) in [5.74, 6) is 1.03. The molecular formula is C6H11Cl2N3-2. The van der Waals surface area contributed by atoms with Gasteiger partial charge >= 0.3 is 0 Å². The number of hydrogen-bond donors (Lipinski definition) is 1. The minimum atomic E-state index is 0. The van der Waals surface area contributed by atoms with Gasteiger partial charge in [-0.15, -0.1) is 0 Å². The van der Waals surface area contributed by atoms with Crippen molar-refractivity contribution in [2.24, 2.45) is 5.73 Å². The Bertz CT molecular complexity index is 188. The van der Waals surface area contributed by atoms with Crippen LogP contribution in [-0.2, 0) is 6.54 Å². The van der Waals surface area contributed by atoms with Crippen molar-refractivity contribution in [2.45, 2.75) is 13.5 Å². The van der Waals surface area contributed by atoms with Gasteiger partial charge in [0, 0.05) is 25.5 Å². The molecule has 0 bridgehead atoms. The highest BCUT2D eigenvalue weighted by Crippen LogP contribution is 1.92. The summed E-state index contributed by atoms with van der Waals surface area (Å²) in [7, 11) is 0. The van der Waals surface area contributed by atoms with Crippen LogP contribution < -0.4 is 30.5 Å². The molecule has 1 aromatic heterocycles. The molecule has 3 nitrogen and oxygen atoms in total. The van der Waals surface area contributed by atoms with Crippen LogP contribution in [0.4, 0.5) is 0 Å². The Labute approximate surface area is 78.8 Å². The predicted molar refractivity (Wildman–Crippen MR) is 36.0 cm³/mol. The predicted octanol–water partition coefficient (Wildman–Crippen LogP) is -5.84. The van der Waals surface area contributed by atoms with E-state index in [9.17, 15) is 0 Å². The Morgan fingerprint density at radius 3 is 2.55 bits per heavy atom. The van der Waals surface area contributed by atoms with Gasteiger partial charge in [-0.05, 0) is 6.92 Å². The summed E-state index contributed by atoms with van der Waals surface area (Å²) < 4.78 is 2.03. The van der Waals surface area contributed by atoms with E-state index in [0.717, 1.165) is 12.4 Å². The van der Waals surface area contributed by atoms with Crippen LogP contribution >= 0.6 is 0 Å². The van der Waals surface area contributed by atoms with Crippen LogP contribution in [-0.4, -0.2) is 16.1 Å². The van der Waals surface area contributed by atoms with Crippen molar-refractivity contribution in [3.8, 4) is 0 Å². The van der Waals surface area contributed by atoms with Crippen LogP contribution in [0.3, 0.4) is 0 Å². The summed E-state index contributed by atoms with van der Waals surface area (Å²) in [4.78, 5) is 4.04. The summed E-state index contributed by atoms with van der Waals surface area (Å²) in [5, 5.41) is 0. The SMILES string of the molecule is Cc1nccn1CCN.[Cl-].[Cl-]. The normalized spacial score (nSPS) is 8.18. The van der Waals surface area contributed by atoms with Crippen molar-refractivity contribution in [1.29, 1.82) is 0 Å². The minimum Gasteiger partial charge on any atom is -1.00 e. The van der Waals surface area contributed by atoms with Gasteiger partial charge < -0.3 is 35.1 Å². The summed E-state index contributed by atoms with van der Waals surface area (Å²) in [6.45, 7) is 3.51. The summed E-state index contributed by atoms with van der Waals surface area (Å²) in [6, 6.07) is 0. The van der Waals surface area contributed by atoms with Crippen molar-refractivity contribution >= 4 is 0 Å². The molecule has 0 fully saturated rings. The fourth-order valence-electron chi connectivity index (χ4n) is 0.779. The van der Waals surface area contributed by atoms with Crippen molar-refractivity contribution in [3.05, 3.63) is 18.2 Å². The van der Waals surface area contributed by atoms with Gasteiger partial charge in [-0.1, -0.05) is 0 Å². The molecule has 1 rings (SSSR count). The molecule has 2 N–H and O–H groups in total. The zero-order valence-corrected chi connectivity index (χ0v) is 7.81. The highest BCUT2D eigenvalue weighted by Gasteiger charge is 1.91. The number of hydrogen-bond acceptors (Lipinski definition) is 2. The fourth-order valence-corrected chi connectivity index (χ4v) is 0.779. The third-order valence-corrected chi connectivity index (χ3v) is 1.29. The topological polar surface area (TPSA) is 43.8 Å². The van der Waals surface area contributed by atoms with Gasteiger partial charge in [0.05, 0.1) is 0 Å². The van der Waals surface area contributed by atoms with Crippen LogP contribution in [0.15, 0.2) is 12.4 Å². The van der Waals surface area contributed by atoms with Gasteiger partial charge in [0.1, 0.15) is 5.82 Å². The molecular weight excluding hydrogens is 185 g/mol. The van der Waals surface area contributed by atoms with Crippen LogP contribution in [0, 0.1) is 6.92 Å². The number of nitrogens with two attached hydrogens (primary N) is 1. The van der Waals surface area contributed by atoms with Crippen molar-refractivity contribution in [1.82, 2.24) is 9.55 Å². The molecule has 0 spiro atoms. The second kappa shape index (κ2) is 6.46. The lowest BCUT2D eigenvalue weighted by Gasteiger charge is -1.99. The molecule has 0 saturated carbocycles. The maximum absolute atomic E-state index is 5.34. The number of aromatic nitrogens is 2. The largest absolute Gasteiger partial charge is 1.00 e. The standard InChI is InChI=1S/C6H11N3.2ClH/c1-6-8-3-5-9(6)4-2-7;;/h3,5H,2,4,7H2,1H3;2*1H/p-2. The Morgan fingerprint density at radius 2 is 2.18 bits per heavy atom. The molecule has 1 heterocycles. The maximum Gasteiger partial charge on any atom is 0.105 e. The molecule has 0 atom stereocenters. The fraction of sp³-hybridized carbons (Fsp3) is 0.500. The van der Waals surface area contributed by atoms with E-state index in [2.05, 4.69) is 4.98 Å². The molecule has 0 amide bonds. The first-order chi connectivity index (χ1) is 4.34. The lowest BCUT2D eigenvalue weighted by molar-refractivity contribution is -0.001000. The summed E-state index contributed by atoms with van der Waals surface area (Å²) in [6.07, 6.45) is 3.72. The van der Waals surface area contributed by atoms with Gasteiger partial charge in [0.2, 0.25) is 0 Å². The van der Waals surface area contributed by atoms with E-state index in [0.29, 0.717) is 6.54 Å². The van der Waals surface area contributed by atoms with E-state index in [1.54, 1.807) is 6.20 Å². The van der Waals surface area contributed by atoms with Crippen LogP contribution in [0.2, 0.25) is 0 Å². The zero-order valence-electron chi connectivity index (χ0n) is 6.30. The molecule has 0 saturated heterocycles. The lowest BCUT2D eigenvalue weighted by atomic mass is 10.6. The van der Waals surface area contributed by atoms with Gasteiger partial charge in [0.15, 0.2) is 0 Å². The van der Waals surface area contributed by atoms with Gasteiger partial charge in [-0.25, -0.2) is 4.98 Å². The molecule has 0 aromatic carbocycles. The second-order valence-electron chi connectivity index (χ2n) is 1.96. The van der Waals surface area contributed by atoms with E-state index in [4.69, 9.17) is 5.73 Å². The minimum absolute atomic E-state index is 0. The number of rotatable bonds is 2. The molecule has 5 heteroatoms. The Kier molecular flexibility index (Phi) is 7.84. The quantitative estimate of drug-likeness (QED) is 0.512. The molecule has 11 heavy (non-hydrogen) atoms. The van der Waals surface area contributed by atoms with Crippen molar-refractivity contribution in [2.75, 3.05) is 6.54 Å². The third-order valence-electron chi connectivity index (χ3n) is 1.29. The molecule has 0 aliphatic carbocycles. The average Bonchev–Trinajstić information content (AvgIpc) is 2.18. The van der Waals surface area contributed by atoms with Crippen LogP contribution in [0.5, 0.6) is 0 Å². The maximum atomic E-state index is 5.34. The first kappa shape index (κ1) is 13.3. The molecule has 0 radical (unpaired) electrons. The lowest BCUT2D eigenvalue weighted by Crippen LogP contribution is -3.00. The Balaban J connectivity index is 0. The van der Waals surface area contributed by atoms with E-state index >= 15 is 0 Å². The number of aryl methyl sites for hydroxylation is 1. The highest BCUT2D eigenvalue weighted by atomic mass is 35.5. The van der Waals surface area contributed by atoms with E-state index in [1.807, 2.05) is 17.7 Å². The first-order valence-corrected chi connectivity index (χ1v) is 3.02. The first-order valence-electron chi connectivity index (χ1n) is 3.02. The Morgan fingerprint density at radius 1 is 1.55 bits per heavy atom. The molecule has 0 aliphatic rings. The van der Waals surface area contributed by atoms with Gasteiger partial charge in [-0.3, -0.25) is 0 Å². The van der Waals surface area contributed by atoms with Gasteiger partial charge in [-0.2, -0.15) is 0 Å². The average molecular weight is 196 g/mol.